The number of halogens is 1. The first-order chi connectivity index (χ1) is 17.7. The largest absolute Gasteiger partial charge is 0.496 e. The highest BCUT2D eigenvalue weighted by molar-refractivity contribution is 6.31. The van der Waals surface area contributed by atoms with Gasteiger partial charge in [0.15, 0.2) is 11.4 Å². The maximum absolute atomic E-state index is 13.6. The van der Waals surface area contributed by atoms with Crippen LogP contribution in [0, 0.1) is 0 Å². The highest BCUT2D eigenvalue weighted by Gasteiger charge is 2.42. The summed E-state index contributed by atoms with van der Waals surface area (Å²) in [7, 11) is 1.54. The van der Waals surface area contributed by atoms with Crippen LogP contribution in [-0.2, 0) is 4.79 Å². The lowest BCUT2D eigenvalue weighted by Gasteiger charge is -2.37. The molecule has 0 bridgehead atoms. The Morgan fingerprint density at radius 3 is 2.59 bits per heavy atom. The Hall–Kier alpha value is -4.45. The fraction of sp³-hybridized carbons (Fsp3) is 0.250. The minimum atomic E-state index is -0.942. The molecule has 5 N–H and O–H groups in total. The third-order valence-electron chi connectivity index (χ3n) is 6.63. The standard InChI is InChI=1S/C24H22ClN7O5/c1-37-18-5-3-12(25)9-14(18)11-2-4-16-15(8-11)24(36)31-7-6-13(10-17(31)23(35)28-16)32-20(22(27)34)19(21(26)33)29-30-32/h2-5,8-9,13,17H,6-7,10H2,1H3,(H2,26,33)(H2,27,34)(H,28,35). The van der Waals surface area contributed by atoms with Crippen molar-refractivity contribution >= 4 is 40.9 Å². The van der Waals surface area contributed by atoms with Crippen molar-refractivity contribution in [3.05, 3.63) is 58.4 Å². The molecule has 2 aliphatic heterocycles. The number of nitrogens with two attached hydrogens (primary N) is 2. The molecule has 190 valence electrons. The Kier molecular flexibility index (Phi) is 6.04. The molecular formula is C24H22ClN7O5. The van der Waals surface area contributed by atoms with E-state index in [1.807, 2.05) is 0 Å². The predicted octanol–water partition coefficient (Wildman–Crippen LogP) is 1.60. The van der Waals surface area contributed by atoms with E-state index < -0.39 is 23.9 Å². The smallest absolute Gasteiger partial charge is 0.271 e. The third-order valence-corrected chi connectivity index (χ3v) is 6.86. The number of nitrogens with one attached hydrogen (secondary N) is 1. The van der Waals surface area contributed by atoms with Gasteiger partial charge in [0.25, 0.3) is 17.7 Å². The lowest BCUT2D eigenvalue weighted by molar-refractivity contribution is -0.121. The van der Waals surface area contributed by atoms with E-state index in [0.29, 0.717) is 39.6 Å². The lowest BCUT2D eigenvalue weighted by atomic mass is 9.95. The van der Waals surface area contributed by atoms with Crippen molar-refractivity contribution in [1.29, 1.82) is 0 Å². The molecule has 12 nitrogen and oxygen atoms in total. The molecule has 13 heteroatoms. The van der Waals surface area contributed by atoms with Gasteiger partial charge in [-0.3, -0.25) is 19.2 Å². The minimum Gasteiger partial charge on any atom is -0.496 e. The van der Waals surface area contributed by atoms with E-state index in [2.05, 4.69) is 15.6 Å². The molecule has 1 aromatic heterocycles. The summed E-state index contributed by atoms with van der Waals surface area (Å²) in [5.74, 6) is -1.99. The van der Waals surface area contributed by atoms with E-state index in [-0.39, 0.29) is 36.2 Å². The van der Waals surface area contributed by atoms with E-state index >= 15 is 0 Å². The summed E-state index contributed by atoms with van der Waals surface area (Å²) in [5, 5.41) is 10.9. The number of aromatic nitrogens is 3. The number of ether oxygens (including phenoxy) is 1. The molecule has 2 aliphatic rings. The van der Waals surface area contributed by atoms with Gasteiger partial charge < -0.3 is 26.4 Å². The second kappa shape index (κ2) is 9.21. The molecule has 3 aromatic rings. The van der Waals surface area contributed by atoms with Crippen LogP contribution in [0.2, 0.25) is 5.02 Å². The summed E-state index contributed by atoms with van der Waals surface area (Å²) in [6.07, 6.45) is 0.469. The molecule has 1 fully saturated rings. The number of fused-ring (bicyclic) bond motifs is 2. The quantitative estimate of drug-likeness (QED) is 0.455. The van der Waals surface area contributed by atoms with Crippen molar-refractivity contribution in [1.82, 2.24) is 19.9 Å². The maximum atomic E-state index is 13.6. The van der Waals surface area contributed by atoms with Crippen molar-refractivity contribution < 1.29 is 23.9 Å². The van der Waals surface area contributed by atoms with Crippen molar-refractivity contribution in [2.24, 2.45) is 11.5 Å². The lowest BCUT2D eigenvalue weighted by Crippen LogP contribution is -2.50. The summed E-state index contributed by atoms with van der Waals surface area (Å²) >= 11 is 6.19. The monoisotopic (exact) mass is 523 g/mol. The zero-order valence-electron chi connectivity index (χ0n) is 19.6. The third kappa shape index (κ3) is 4.14. The van der Waals surface area contributed by atoms with Crippen LogP contribution in [0.4, 0.5) is 5.69 Å². The summed E-state index contributed by atoms with van der Waals surface area (Å²) < 4.78 is 6.67. The van der Waals surface area contributed by atoms with Crippen LogP contribution < -0.4 is 21.5 Å². The van der Waals surface area contributed by atoms with E-state index in [0.717, 1.165) is 0 Å². The number of methoxy groups -OCH3 is 1. The van der Waals surface area contributed by atoms with Crippen molar-refractivity contribution in [3.8, 4) is 16.9 Å². The first-order valence-electron chi connectivity index (χ1n) is 11.3. The first-order valence-corrected chi connectivity index (χ1v) is 11.7. The van der Waals surface area contributed by atoms with E-state index in [1.165, 1.54) is 9.58 Å². The first kappa shape index (κ1) is 24.3. The summed E-state index contributed by atoms with van der Waals surface area (Å²) in [5.41, 5.74) is 12.3. The second-order valence-corrected chi connectivity index (χ2v) is 9.18. The van der Waals surface area contributed by atoms with Gasteiger partial charge in [0.1, 0.15) is 11.8 Å². The maximum Gasteiger partial charge on any atom is 0.271 e. The molecule has 3 heterocycles. The molecule has 2 atom stereocenters. The number of amides is 4. The van der Waals surface area contributed by atoms with Gasteiger partial charge in [-0.1, -0.05) is 22.9 Å². The van der Waals surface area contributed by atoms with Crippen molar-refractivity contribution in [3.63, 3.8) is 0 Å². The molecular weight excluding hydrogens is 502 g/mol. The highest BCUT2D eigenvalue weighted by Crippen LogP contribution is 2.37. The number of primary amides is 2. The van der Waals surface area contributed by atoms with Crippen molar-refractivity contribution in [2.45, 2.75) is 24.9 Å². The fourth-order valence-electron chi connectivity index (χ4n) is 4.88. The Balaban J connectivity index is 1.48. The zero-order chi connectivity index (χ0) is 26.4. The van der Waals surface area contributed by atoms with Gasteiger partial charge in [-0.15, -0.1) is 5.10 Å². The topological polar surface area (TPSA) is 176 Å². The summed E-state index contributed by atoms with van der Waals surface area (Å²) in [6.45, 7) is 0.190. The normalized spacial score (nSPS) is 18.9. The second-order valence-electron chi connectivity index (χ2n) is 8.75. The average Bonchev–Trinajstić information content (AvgIpc) is 3.30. The van der Waals surface area contributed by atoms with E-state index in [4.69, 9.17) is 27.8 Å². The van der Waals surface area contributed by atoms with Crippen LogP contribution in [0.1, 0.15) is 50.2 Å². The van der Waals surface area contributed by atoms with Crippen LogP contribution in [0.15, 0.2) is 36.4 Å². The molecule has 4 amide bonds. The average molecular weight is 524 g/mol. The van der Waals surface area contributed by atoms with Gasteiger partial charge in [-0.05, 0) is 48.7 Å². The number of rotatable bonds is 5. The molecule has 1 saturated heterocycles. The minimum absolute atomic E-state index is 0.127. The summed E-state index contributed by atoms with van der Waals surface area (Å²) in [6, 6.07) is 8.94. The number of hydrogen-bond donors (Lipinski definition) is 3. The Bertz CT molecular complexity index is 1470. The van der Waals surface area contributed by atoms with Crippen LogP contribution in [0.25, 0.3) is 11.1 Å². The number of piperidine rings is 1. The molecule has 2 unspecified atom stereocenters. The SMILES string of the molecule is COc1ccc(Cl)cc1-c1ccc2c(c1)C(=O)N1CCC(n3nnc(C(N)=O)c3C(N)=O)CC1C(=O)N2. The molecule has 2 aromatic carbocycles. The number of anilines is 1. The molecule has 0 spiro atoms. The van der Waals surface area contributed by atoms with Gasteiger partial charge >= 0.3 is 0 Å². The van der Waals surface area contributed by atoms with Crippen LogP contribution in [-0.4, -0.2) is 63.2 Å². The van der Waals surface area contributed by atoms with Gasteiger partial charge in [-0.25, -0.2) is 4.68 Å². The Morgan fingerprint density at radius 1 is 1.11 bits per heavy atom. The Morgan fingerprint density at radius 2 is 1.89 bits per heavy atom. The predicted molar refractivity (Wildman–Crippen MR) is 132 cm³/mol. The van der Waals surface area contributed by atoms with Crippen LogP contribution in [0.3, 0.4) is 0 Å². The number of benzene rings is 2. The fourth-order valence-corrected chi connectivity index (χ4v) is 5.05. The van der Waals surface area contributed by atoms with Crippen LogP contribution in [0.5, 0.6) is 5.75 Å². The number of hydrogen-bond acceptors (Lipinski definition) is 7. The number of nitrogens with zero attached hydrogens (tertiary/aromatic N) is 4. The highest BCUT2D eigenvalue weighted by atomic mass is 35.5. The van der Waals surface area contributed by atoms with Crippen molar-refractivity contribution in [2.75, 3.05) is 19.0 Å². The molecule has 5 rings (SSSR count). The van der Waals surface area contributed by atoms with Gasteiger partial charge in [0.2, 0.25) is 5.91 Å². The molecule has 0 saturated carbocycles. The zero-order valence-corrected chi connectivity index (χ0v) is 20.4. The van der Waals surface area contributed by atoms with Gasteiger partial charge in [0, 0.05) is 17.1 Å². The molecule has 37 heavy (non-hydrogen) atoms. The van der Waals surface area contributed by atoms with Crippen LogP contribution >= 0.6 is 11.6 Å². The van der Waals surface area contributed by atoms with Gasteiger partial charge in [0.05, 0.1) is 24.4 Å². The molecule has 0 radical (unpaired) electrons. The Labute approximate surface area is 215 Å². The van der Waals surface area contributed by atoms with E-state index in [1.54, 1.807) is 43.5 Å². The number of carbonyl (C=O) groups is 4. The van der Waals surface area contributed by atoms with E-state index in [9.17, 15) is 19.2 Å². The number of carbonyl (C=O) groups excluding carboxylic acids is 4. The molecule has 0 aliphatic carbocycles. The summed E-state index contributed by atoms with van der Waals surface area (Å²) in [4.78, 5) is 52.0. The van der Waals surface area contributed by atoms with Gasteiger partial charge in [-0.2, -0.15) is 0 Å².